The number of hydrogen-bond acceptors (Lipinski definition) is 3. The van der Waals surface area contributed by atoms with E-state index < -0.39 is 0 Å². The first-order chi connectivity index (χ1) is 8.26. The highest BCUT2D eigenvalue weighted by molar-refractivity contribution is 4.88. The highest BCUT2D eigenvalue weighted by Gasteiger charge is 2.32. The molecular formula is C14H28N2O. The van der Waals surface area contributed by atoms with E-state index >= 15 is 0 Å². The third kappa shape index (κ3) is 4.78. The van der Waals surface area contributed by atoms with Crippen molar-refractivity contribution in [2.24, 2.45) is 5.41 Å². The predicted octanol–water partition coefficient (Wildman–Crippen LogP) is 1.64. The summed E-state index contributed by atoms with van der Waals surface area (Å²) in [5, 5.41) is 12.6. The molecule has 17 heavy (non-hydrogen) atoms. The van der Waals surface area contributed by atoms with Gasteiger partial charge in [-0.2, -0.15) is 0 Å². The van der Waals surface area contributed by atoms with Gasteiger partial charge in [0.2, 0.25) is 0 Å². The zero-order valence-corrected chi connectivity index (χ0v) is 11.2. The molecule has 0 atom stereocenters. The maximum Gasteiger partial charge on any atom is 0.0558 e. The van der Waals surface area contributed by atoms with Crippen molar-refractivity contribution in [2.75, 3.05) is 39.3 Å². The van der Waals surface area contributed by atoms with Crippen LogP contribution in [0.15, 0.2) is 12.7 Å². The second-order valence-corrected chi connectivity index (χ2v) is 5.25. The van der Waals surface area contributed by atoms with E-state index in [4.69, 9.17) is 5.11 Å². The molecular weight excluding hydrogens is 212 g/mol. The Kier molecular flexibility index (Phi) is 6.78. The first-order valence-corrected chi connectivity index (χ1v) is 6.91. The Hall–Kier alpha value is -0.380. The third-order valence-electron chi connectivity index (χ3n) is 3.81. The molecule has 3 heteroatoms. The van der Waals surface area contributed by atoms with E-state index in [1.54, 1.807) is 0 Å². The van der Waals surface area contributed by atoms with Gasteiger partial charge < -0.3 is 10.4 Å². The predicted molar refractivity (Wildman–Crippen MR) is 73.2 cm³/mol. The maximum absolute atomic E-state index is 9.12. The monoisotopic (exact) mass is 240 g/mol. The number of aliphatic hydroxyl groups is 1. The van der Waals surface area contributed by atoms with Gasteiger partial charge in [0.25, 0.3) is 0 Å². The molecule has 0 spiro atoms. The maximum atomic E-state index is 9.12. The van der Waals surface area contributed by atoms with Crippen molar-refractivity contribution in [1.82, 2.24) is 10.2 Å². The van der Waals surface area contributed by atoms with E-state index in [2.05, 4.69) is 23.7 Å². The van der Waals surface area contributed by atoms with Gasteiger partial charge in [-0.3, -0.25) is 4.90 Å². The van der Waals surface area contributed by atoms with E-state index in [0.29, 0.717) is 5.41 Å². The Morgan fingerprint density at radius 3 is 2.65 bits per heavy atom. The summed E-state index contributed by atoms with van der Waals surface area (Å²) < 4.78 is 0. The van der Waals surface area contributed by atoms with Crippen LogP contribution < -0.4 is 5.32 Å². The second-order valence-electron chi connectivity index (χ2n) is 5.25. The normalized spacial score (nSPS) is 19.5. The molecule has 0 unspecified atom stereocenters. The summed E-state index contributed by atoms with van der Waals surface area (Å²) in [7, 11) is 0. The number of rotatable bonds is 8. The Morgan fingerprint density at radius 2 is 2.12 bits per heavy atom. The molecule has 0 radical (unpaired) electrons. The molecule has 0 aromatic carbocycles. The van der Waals surface area contributed by atoms with Crippen molar-refractivity contribution in [3.63, 3.8) is 0 Å². The largest absolute Gasteiger partial charge is 0.395 e. The molecule has 1 aliphatic rings. The fraction of sp³-hybridized carbons (Fsp3) is 0.857. The van der Waals surface area contributed by atoms with Gasteiger partial charge in [0.15, 0.2) is 0 Å². The van der Waals surface area contributed by atoms with Crippen molar-refractivity contribution < 1.29 is 5.11 Å². The number of hydrogen-bond donors (Lipinski definition) is 2. The standard InChI is InChI=1S/C14H28N2O/c1-3-5-14(6-8-15-9-7-14)13-16(10-4-2)11-12-17/h4,15,17H,2-3,5-13H2,1H3. The minimum Gasteiger partial charge on any atom is -0.395 e. The minimum absolute atomic E-state index is 0.244. The van der Waals surface area contributed by atoms with E-state index in [0.717, 1.165) is 32.7 Å². The van der Waals surface area contributed by atoms with Gasteiger partial charge in [-0.1, -0.05) is 19.4 Å². The van der Waals surface area contributed by atoms with Crippen molar-refractivity contribution in [3.8, 4) is 0 Å². The van der Waals surface area contributed by atoms with Crippen LogP contribution in [0, 0.1) is 5.41 Å². The van der Waals surface area contributed by atoms with Gasteiger partial charge in [-0.05, 0) is 37.8 Å². The zero-order chi connectivity index (χ0) is 12.6. The highest BCUT2D eigenvalue weighted by Crippen LogP contribution is 2.34. The van der Waals surface area contributed by atoms with Gasteiger partial charge in [0, 0.05) is 19.6 Å². The summed E-state index contributed by atoms with van der Waals surface area (Å²) in [6.45, 7) is 11.4. The lowest BCUT2D eigenvalue weighted by Gasteiger charge is -2.41. The summed E-state index contributed by atoms with van der Waals surface area (Å²) in [5.41, 5.74) is 0.457. The summed E-state index contributed by atoms with van der Waals surface area (Å²) in [5.74, 6) is 0. The van der Waals surface area contributed by atoms with Crippen molar-refractivity contribution >= 4 is 0 Å². The molecule has 1 heterocycles. The van der Waals surface area contributed by atoms with Crippen molar-refractivity contribution in [2.45, 2.75) is 32.6 Å². The van der Waals surface area contributed by atoms with Crippen molar-refractivity contribution in [3.05, 3.63) is 12.7 Å². The lowest BCUT2D eigenvalue weighted by molar-refractivity contribution is 0.0947. The fourth-order valence-electron chi connectivity index (χ4n) is 3.01. The summed E-state index contributed by atoms with van der Waals surface area (Å²) in [6, 6.07) is 0. The highest BCUT2D eigenvalue weighted by atomic mass is 16.3. The molecule has 0 amide bonds. The van der Waals surface area contributed by atoms with E-state index in [1.807, 2.05) is 6.08 Å². The van der Waals surface area contributed by atoms with Crippen LogP contribution in [0.3, 0.4) is 0 Å². The Morgan fingerprint density at radius 1 is 1.41 bits per heavy atom. The molecule has 1 aliphatic heterocycles. The Balaban J connectivity index is 2.58. The molecule has 3 nitrogen and oxygen atoms in total. The van der Waals surface area contributed by atoms with Gasteiger partial charge >= 0.3 is 0 Å². The lowest BCUT2D eigenvalue weighted by atomic mass is 9.75. The fourth-order valence-corrected chi connectivity index (χ4v) is 3.01. The number of nitrogens with zero attached hydrogens (tertiary/aromatic N) is 1. The SMILES string of the molecule is C=CCN(CCO)CC1(CCC)CCNCC1. The molecule has 100 valence electrons. The summed E-state index contributed by atoms with van der Waals surface area (Å²) in [6.07, 6.45) is 7.02. The van der Waals surface area contributed by atoms with Crippen molar-refractivity contribution in [1.29, 1.82) is 0 Å². The molecule has 1 fully saturated rings. The van der Waals surface area contributed by atoms with Crippen LogP contribution >= 0.6 is 0 Å². The van der Waals surface area contributed by atoms with Crippen LogP contribution in [-0.4, -0.2) is 49.3 Å². The molecule has 1 rings (SSSR count). The Labute approximate surface area is 106 Å². The topological polar surface area (TPSA) is 35.5 Å². The van der Waals surface area contributed by atoms with Gasteiger partial charge in [-0.25, -0.2) is 0 Å². The molecule has 0 aliphatic carbocycles. The average Bonchev–Trinajstić information content (AvgIpc) is 2.31. The van der Waals surface area contributed by atoms with E-state index in [-0.39, 0.29) is 6.61 Å². The van der Waals surface area contributed by atoms with Crippen LogP contribution in [0.4, 0.5) is 0 Å². The first kappa shape index (κ1) is 14.7. The molecule has 0 aromatic heterocycles. The zero-order valence-electron chi connectivity index (χ0n) is 11.2. The summed E-state index contributed by atoms with van der Waals surface area (Å²) in [4.78, 5) is 2.34. The molecule has 2 N–H and O–H groups in total. The molecule has 1 saturated heterocycles. The van der Waals surface area contributed by atoms with Crippen LogP contribution in [0.2, 0.25) is 0 Å². The van der Waals surface area contributed by atoms with Gasteiger partial charge in [-0.15, -0.1) is 6.58 Å². The molecule has 0 saturated carbocycles. The number of nitrogens with one attached hydrogen (secondary N) is 1. The summed E-state index contributed by atoms with van der Waals surface area (Å²) >= 11 is 0. The smallest absolute Gasteiger partial charge is 0.0558 e. The van der Waals surface area contributed by atoms with Crippen LogP contribution in [-0.2, 0) is 0 Å². The van der Waals surface area contributed by atoms with Gasteiger partial charge in [0.1, 0.15) is 0 Å². The third-order valence-corrected chi connectivity index (χ3v) is 3.81. The first-order valence-electron chi connectivity index (χ1n) is 6.91. The minimum atomic E-state index is 0.244. The van der Waals surface area contributed by atoms with E-state index in [9.17, 15) is 0 Å². The van der Waals surface area contributed by atoms with Gasteiger partial charge in [0.05, 0.1) is 6.61 Å². The number of aliphatic hydroxyl groups excluding tert-OH is 1. The quantitative estimate of drug-likeness (QED) is 0.633. The van der Waals surface area contributed by atoms with E-state index in [1.165, 1.54) is 25.7 Å². The molecule has 0 aromatic rings. The van der Waals surface area contributed by atoms with Crippen LogP contribution in [0.25, 0.3) is 0 Å². The second kappa shape index (κ2) is 7.85. The molecule has 0 bridgehead atoms. The Bertz CT molecular complexity index is 207. The van der Waals surface area contributed by atoms with Crippen LogP contribution in [0.1, 0.15) is 32.6 Å². The lowest BCUT2D eigenvalue weighted by Crippen LogP contribution is -2.45. The average molecular weight is 240 g/mol. The number of piperidine rings is 1. The van der Waals surface area contributed by atoms with Crippen LogP contribution in [0.5, 0.6) is 0 Å².